The van der Waals surface area contributed by atoms with E-state index in [9.17, 15) is 4.79 Å². The lowest BCUT2D eigenvalue weighted by atomic mass is 10.1. The summed E-state index contributed by atoms with van der Waals surface area (Å²) in [6.07, 6.45) is 2.75. The van der Waals surface area contributed by atoms with Gasteiger partial charge >= 0.3 is 6.03 Å². The van der Waals surface area contributed by atoms with Crippen molar-refractivity contribution >= 4 is 50.7 Å². The van der Waals surface area contributed by atoms with E-state index < -0.39 is 6.03 Å². The Bertz CT molecular complexity index is 994. The average molecular weight is 408 g/mol. The predicted molar refractivity (Wildman–Crippen MR) is 106 cm³/mol. The number of aromatic nitrogens is 3. The van der Waals surface area contributed by atoms with Crippen molar-refractivity contribution in [2.24, 2.45) is 0 Å². The van der Waals surface area contributed by atoms with Gasteiger partial charge in [0.2, 0.25) is 5.88 Å². The van der Waals surface area contributed by atoms with Crippen LogP contribution >= 0.6 is 22.9 Å². The minimum absolute atomic E-state index is 0.253. The number of carbonyl (C=O) groups excluding carboxylic acids is 1. The highest BCUT2D eigenvalue weighted by Gasteiger charge is 2.20. The van der Waals surface area contributed by atoms with E-state index in [1.807, 2.05) is 13.8 Å². The minimum Gasteiger partial charge on any atom is -0.480 e. The van der Waals surface area contributed by atoms with Gasteiger partial charge in [-0.1, -0.05) is 22.9 Å². The van der Waals surface area contributed by atoms with Gasteiger partial charge < -0.3 is 20.1 Å². The second-order valence-corrected chi connectivity index (χ2v) is 7.26. The van der Waals surface area contributed by atoms with Crippen molar-refractivity contribution in [3.8, 4) is 5.88 Å². The molecule has 0 fully saturated rings. The Morgan fingerprint density at radius 3 is 2.67 bits per heavy atom. The normalized spacial score (nSPS) is 12.0. The van der Waals surface area contributed by atoms with Gasteiger partial charge in [0, 0.05) is 18.9 Å². The SMILES string of the molecule is COc1ncc(Cl)cc1NC(=O)Nc1cnc2sc(C)nc2c1C(C)OC. The summed E-state index contributed by atoms with van der Waals surface area (Å²) in [7, 11) is 3.06. The largest absolute Gasteiger partial charge is 0.480 e. The van der Waals surface area contributed by atoms with Crippen LogP contribution in [0, 0.1) is 6.92 Å². The first-order valence-corrected chi connectivity index (χ1v) is 9.18. The van der Waals surface area contributed by atoms with Crippen LogP contribution in [0.5, 0.6) is 5.88 Å². The molecule has 1 unspecified atom stereocenters. The number of hydrogen-bond donors (Lipinski definition) is 2. The van der Waals surface area contributed by atoms with E-state index >= 15 is 0 Å². The van der Waals surface area contributed by atoms with Crippen molar-refractivity contribution in [3.63, 3.8) is 0 Å². The highest BCUT2D eigenvalue weighted by Crippen LogP contribution is 2.34. The van der Waals surface area contributed by atoms with Crippen molar-refractivity contribution < 1.29 is 14.3 Å². The topological polar surface area (TPSA) is 98.3 Å². The summed E-state index contributed by atoms with van der Waals surface area (Å²) in [6, 6.07) is 1.06. The van der Waals surface area contributed by atoms with Gasteiger partial charge in [0.1, 0.15) is 16.0 Å². The molecule has 3 rings (SSSR count). The summed E-state index contributed by atoms with van der Waals surface area (Å²) < 4.78 is 10.6. The lowest BCUT2D eigenvalue weighted by molar-refractivity contribution is 0.121. The molecule has 0 aliphatic heterocycles. The molecule has 10 heteroatoms. The number of carbonyl (C=O) groups is 1. The number of anilines is 2. The number of amides is 2. The molecule has 3 aromatic rings. The molecule has 27 heavy (non-hydrogen) atoms. The lowest BCUT2D eigenvalue weighted by Crippen LogP contribution is -2.21. The molecule has 0 saturated heterocycles. The van der Waals surface area contributed by atoms with Gasteiger partial charge in [0.15, 0.2) is 0 Å². The number of nitrogens with zero attached hydrogens (tertiary/aromatic N) is 3. The van der Waals surface area contributed by atoms with Gasteiger partial charge in [-0.3, -0.25) is 0 Å². The Hall–Kier alpha value is -2.49. The zero-order valence-corrected chi connectivity index (χ0v) is 16.7. The smallest absolute Gasteiger partial charge is 0.323 e. The quantitative estimate of drug-likeness (QED) is 0.650. The van der Waals surface area contributed by atoms with Gasteiger partial charge in [-0.2, -0.15) is 0 Å². The molecule has 3 aromatic heterocycles. The van der Waals surface area contributed by atoms with Gasteiger partial charge in [0.25, 0.3) is 0 Å². The maximum atomic E-state index is 12.5. The second-order valence-electron chi connectivity index (χ2n) is 5.64. The summed E-state index contributed by atoms with van der Waals surface area (Å²) in [5.74, 6) is 0.253. The molecule has 0 aliphatic rings. The van der Waals surface area contributed by atoms with E-state index in [-0.39, 0.29) is 12.0 Å². The number of hydrogen-bond acceptors (Lipinski definition) is 7. The third-order valence-electron chi connectivity index (χ3n) is 3.84. The number of rotatable bonds is 5. The van der Waals surface area contributed by atoms with Crippen LogP contribution in [-0.4, -0.2) is 35.2 Å². The molecule has 0 radical (unpaired) electrons. The number of methoxy groups -OCH3 is 2. The van der Waals surface area contributed by atoms with Crippen molar-refractivity contribution in [2.45, 2.75) is 20.0 Å². The highest BCUT2D eigenvalue weighted by molar-refractivity contribution is 7.18. The number of halogens is 1. The van der Waals surface area contributed by atoms with Crippen LogP contribution in [0.25, 0.3) is 10.3 Å². The summed E-state index contributed by atoms with van der Waals surface area (Å²) in [5.41, 5.74) is 2.33. The summed E-state index contributed by atoms with van der Waals surface area (Å²) >= 11 is 7.43. The zero-order chi connectivity index (χ0) is 19.6. The van der Waals surface area contributed by atoms with Gasteiger partial charge in [-0.15, -0.1) is 0 Å². The molecular formula is C17H18ClN5O3S. The highest BCUT2D eigenvalue weighted by atomic mass is 35.5. The Morgan fingerprint density at radius 1 is 1.22 bits per heavy atom. The van der Waals surface area contributed by atoms with E-state index in [4.69, 9.17) is 21.1 Å². The van der Waals surface area contributed by atoms with E-state index in [0.29, 0.717) is 21.9 Å². The second kappa shape index (κ2) is 8.03. The van der Waals surface area contributed by atoms with Gasteiger partial charge in [0.05, 0.1) is 35.1 Å². The lowest BCUT2D eigenvalue weighted by Gasteiger charge is -2.17. The first-order valence-electron chi connectivity index (χ1n) is 7.99. The summed E-state index contributed by atoms with van der Waals surface area (Å²) in [6.45, 7) is 3.79. The Kier molecular flexibility index (Phi) is 5.73. The maximum absolute atomic E-state index is 12.5. The predicted octanol–water partition coefficient (Wildman–Crippen LogP) is 4.41. The fourth-order valence-electron chi connectivity index (χ4n) is 2.58. The number of thiazole rings is 1. The van der Waals surface area contributed by atoms with Crippen molar-refractivity contribution in [3.05, 3.63) is 34.1 Å². The van der Waals surface area contributed by atoms with Crippen molar-refractivity contribution in [2.75, 3.05) is 24.9 Å². The van der Waals surface area contributed by atoms with Crippen LogP contribution in [0.1, 0.15) is 23.6 Å². The van der Waals surface area contributed by atoms with E-state index in [0.717, 1.165) is 15.4 Å². The molecule has 0 spiro atoms. The standard InChI is InChI=1S/C17H18ClN5O3S/c1-8(25-3)13-12(7-20-16-14(13)21-9(2)27-16)23-17(24)22-11-5-10(18)6-19-15(11)26-4/h5-8H,1-4H3,(H2,22,23,24). The van der Waals surface area contributed by atoms with Gasteiger partial charge in [-0.25, -0.2) is 19.7 Å². The monoisotopic (exact) mass is 407 g/mol. The third-order valence-corrected chi connectivity index (χ3v) is 4.93. The van der Waals surface area contributed by atoms with Crippen molar-refractivity contribution in [1.82, 2.24) is 15.0 Å². The number of aryl methyl sites for hydroxylation is 1. The molecule has 0 saturated carbocycles. The molecule has 8 nitrogen and oxygen atoms in total. The fourth-order valence-corrected chi connectivity index (χ4v) is 3.52. The van der Waals surface area contributed by atoms with E-state index in [1.54, 1.807) is 19.4 Å². The van der Waals surface area contributed by atoms with Crippen LogP contribution in [0.2, 0.25) is 5.02 Å². The van der Waals surface area contributed by atoms with Crippen LogP contribution in [0.3, 0.4) is 0 Å². The number of ether oxygens (including phenoxy) is 2. The molecule has 0 aromatic carbocycles. The minimum atomic E-state index is -0.491. The zero-order valence-electron chi connectivity index (χ0n) is 15.2. The van der Waals surface area contributed by atoms with E-state index in [2.05, 4.69) is 25.6 Å². The number of fused-ring (bicyclic) bond motifs is 1. The van der Waals surface area contributed by atoms with Crippen LogP contribution in [0.15, 0.2) is 18.5 Å². The Balaban J connectivity index is 1.92. The molecule has 3 heterocycles. The molecule has 2 amide bonds. The first kappa shape index (κ1) is 19.3. The van der Waals surface area contributed by atoms with Crippen molar-refractivity contribution in [1.29, 1.82) is 0 Å². The maximum Gasteiger partial charge on any atom is 0.323 e. The Morgan fingerprint density at radius 2 is 1.96 bits per heavy atom. The molecule has 0 bridgehead atoms. The van der Waals surface area contributed by atoms with Gasteiger partial charge in [-0.05, 0) is 19.9 Å². The average Bonchev–Trinajstić information content (AvgIpc) is 3.01. The Labute approximate surface area is 164 Å². The van der Waals surface area contributed by atoms with E-state index in [1.165, 1.54) is 24.6 Å². The molecule has 1 atom stereocenters. The number of nitrogens with one attached hydrogen (secondary N) is 2. The van der Waals surface area contributed by atoms with Crippen LogP contribution in [0.4, 0.5) is 16.2 Å². The first-order chi connectivity index (χ1) is 12.9. The molecule has 142 valence electrons. The summed E-state index contributed by atoms with van der Waals surface area (Å²) in [5, 5.41) is 6.74. The van der Waals surface area contributed by atoms with Crippen LogP contribution in [-0.2, 0) is 4.74 Å². The molecule has 0 aliphatic carbocycles. The fraction of sp³-hybridized carbons (Fsp3) is 0.294. The third kappa shape index (κ3) is 4.10. The number of urea groups is 1. The molecule has 2 N–H and O–H groups in total. The van der Waals surface area contributed by atoms with Crippen LogP contribution < -0.4 is 15.4 Å². The molecular weight excluding hydrogens is 390 g/mol. The summed E-state index contributed by atoms with van der Waals surface area (Å²) in [4.78, 5) is 26.3. The number of pyridine rings is 2.